The standard InChI is InChI=1S/C16H17BrN2O3S/c17-14-7-6-13(22-14)16(21)19-10-15(20)18-8-9-23-11-12-4-2-1-3-5-12/h1-7H,8-11H2,(H,18,20)(H,19,21). The van der Waals surface area contributed by atoms with E-state index in [0.29, 0.717) is 11.2 Å². The normalized spacial score (nSPS) is 10.3. The van der Waals surface area contributed by atoms with Crippen molar-refractivity contribution in [3.8, 4) is 0 Å². The Kier molecular flexibility index (Phi) is 7.22. The monoisotopic (exact) mass is 396 g/mol. The number of furan rings is 1. The molecule has 5 nitrogen and oxygen atoms in total. The number of halogens is 1. The van der Waals surface area contributed by atoms with Gasteiger partial charge >= 0.3 is 0 Å². The summed E-state index contributed by atoms with van der Waals surface area (Å²) in [4.78, 5) is 23.3. The molecule has 0 spiro atoms. The van der Waals surface area contributed by atoms with Crippen molar-refractivity contribution in [1.29, 1.82) is 0 Å². The van der Waals surface area contributed by atoms with E-state index >= 15 is 0 Å². The van der Waals surface area contributed by atoms with E-state index in [9.17, 15) is 9.59 Å². The molecule has 0 unspecified atom stereocenters. The lowest BCUT2D eigenvalue weighted by Crippen LogP contribution is -2.37. The number of hydrogen-bond acceptors (Lipinski definition) is 4. The Bertz CT molecular complexity index is 646. The summed E-state index contributed by atoms with van der Waals surface area (Å²) in [6.45, 7) is 0.499. The number of rotatable bonds is 8. The Labute approximate surface area is 147 Å². The van der Waals surface area contributed by atoms with Crippen molar-refractivity contribution in [3.05, 3.63) is 58.5 Å². The third-order valence-corrected chi connectivity index (χ3v) is 4.34. The summed E-state index contributed by atoms with van der Waals surface area (Å²) < 4.78 is 5.58. The average Bonchev–Trinajstić information content (AvgIpc) is 3.00. The topological polar surface area (TPSA) is 71.3 Å². The van der Waals surface area contributed by atoms with Crippen molar-refractivity contribution in [2.75, 3.05) is 18.8 Å². The lowest BCUT2D eigenvalue weighted by molar-refractivity contribution is -0.120. The van der Waals surface area contributed by atoms with Gasteiger partial charge in [0.2, 0.25) is 5.91 Å². The first-order valence-corrected chi connectivity index (χ1v) is 9.02. The van der Waals surface area contributed by atoms with E-state index in [4.69, 9.17) is 4.42 Å². The van der Waals surface area contributed by atoms with Crippen LogP contribution in [0.1, 0.15) is 16.1 Å². The van der Waals surface area contributed by atoms with Gasteiger partial charge in [-0.15, -0.1) is 0 Å². The van der Waals surface area contributed by atoms with Crippen molar-refractivity contribution in [1.82, 2.24) is 10.6 Å². The van der Waals surface area contributed by atoms with Crippen LogP contribution in [0.4, 0.5) is 0 Å². The molecule has 2 N–H and O–H groups in total. The van der Waals surface area contributed by atoms with Crippen LogP contribution in [-0.4, -0.2) is 30.7 Å². The largest absolute Gasteiger partial charge is 0.444 e. The second kappa shape index (κ2) is 9.42. The summed E-state index contributed by atoms with van der Waals surface area (Å²) in [5.74, 6) is 1.28. The first kappa shape index (κ1) is 17.6. The van der Waals surface area contributed by atoms with Crippen LogP contribution >= 0.6 is 27.7 Å². The molecule has 0 radical (unpaired) electrons. The zero-order valence-corrected chi connectivity index (χ0v) is 14.8. The minimum atomic E-state index is -0.413. The molecule has 0 aliphatic rings. The lowest BCUT2D eigenvalue weighted by atomic mass is 10.2. The van der Waals surface area contributed by atoms with E-state index in [-0.39, 0.29) is 18.2 Å². The van der Waals surface area contributed by atoms with Gasteiger partial charge in [-0.25, -0.2) is 0 Å². The first-order valence-electron chi connectivity index (χ1n) is 7.07. The van der Waals surface area contributed by atoms with Gasteiger partial charge in [0.05, 0.1) is 6.54 Å². The molecule has 122 valence electrons. The van der Waals surface area contributed by atoms with Gasteiger partial charge < -0.3 is 15.1 Å². The lowest BCUT2D eigenvalue weighted by Gasteiger charge is -2.06. The highest BCUT2D eigenvalue weighted by Crippen LogP contribution is 2.13. The SMILES string of the molecule is O=C(CNC(=O)c1ccc(Br)o1)NCCSCc1ccccc1. The fourth-order valence-electron chi connectivity index (χ4n) is 1.77. The quantitative estimate of drug-likeness (QED) is 0.672. The van der Waals surface area contributed by atoms with Crippen LogP contribution in [-0.2, 0) is 10.5 Å². The molecule has 0 fully saturated rings. The third kappa shape index (κ3) is 6.50. The zero-order valence-electron chi connectivity index (χ0n) is 12.4. The molecule has 0 bridgehead atoms. The molecular weight excluding hydrogens is 380 g/mol. The number of benzene rings is 1. The van der Waals surface area contributed by atoms with Crippen molar-refractivity contribution in [2.24, 2.45) is 0 Å². The Balaban J connectivity index is 1.56. The fourth-order valence-corrected chi connectivity index (χ4v) is 2.90. The summed E-state index contributed by atoms with van der Waals surface area (Å²) in [7, 11) is 0. The van der Waals surface area contributed by atoms with Crippen molar-refractivity contribution in [2.45, 2.75) is 5.75 Å². The minimum Gasteiger partial charge on any atom is -0.444 e. The summed E-state index contributed by atoms with van der Waals surface area (Å²) >= 11 is 4.87. The molecule has 0 aliphatic heterocycles. The summed E-state index contributed by atoms with van der Waals surface area (Å²) in [6, 6.07) is 13.3. The van der Waals surface area contributed by atoms with Gasteiger partial charge in [-0.2, -0.15) is 11.8 Å². The van der Waals surface area contributed by atoms with Gasteiger partial charge in [0.1, 0.15) is 0 Å². The van der Waals surface area contributed by atoms with Gasteiger partial charge in [0.25, 0.3) is 5.91 Å². The molecule has 0 saturated carbocycles. The van der Waals surface area contributed by atoms with Crippen molar-refractivity contribution in [3.63, 3.8) is 0 Å². The highest BCUT2D eigenvalue weighted by atomic mass is 79.9. The molecule has 0 atom stereocenters. The van der Waals surface area contributed by atoms with Gasteiger partial charge in [-0.1, -0.05) is 30.3 Å². The summed E-state index contributed by atoms with van der Waals surface area (Å²) in [5.41, 5.74) is 1.26. The van der Waals surface area contributed by atoms with Crippen molar-refractivity contribution < 1.29 is 14.0 Å². The summed E-state index contributed by atoms with van der Waals surface area (Å²) in [5, 5.41) is 5.27. The second-order valence-electron chi connectivity index (χ2n) is 4.67. The van der Waals surface area contributed by atoms with E-state index in [2.05, 4.69) is 38.7 Å². The van der Waals surface area contributed by atoms with Gasteiger partial charge in [-0.3, -0.25) is 9.59 Å². The Morgan fingerprint density at radius 1 is 1.09 bits per heavy atom. The molecule has 2 amide bonds. The first-order chi connectivity index (χ1) is 11.1. The Hall–Kier alpha value is -1.73. The maximum Gasteiger partial charge on any atom is 0.287 e. The number of carbonyl (C=O) groups is 2. The minimum absolute atomic E-state index is 0.0689. The van der Waals surface area contributed by atoms with Crippen LogP contribution in [0.15, 0.2) is 51.6 Å². The molecule has 1 heterocycles. The van der Waals surface area contributed by atoms with Gasteiger partial charge in [-0.05, 0) is 33.6 Å². The maximum atomic E-state index is 11.7. The van der Waals surface area contributed by atoms with E-state index < -0.39 is 5.91 Å². The predicted molar refractivity (Wildman–Crippen MR) is 94.4 cm³/mol. The number of nitrogens with one attached hydrogen (secondary N) is 2. The number of carbonyl (C=O) groups excluding carboxylic acids is 2. The number of hydrogen-bond donors (Lipinski definition) is 2. The number of thioether (sulfide) groups is 1. The van der Waals surface area contributed by atoms with Crippen LogP contribution in [0.3, 0.4) is 0 Å². The third-order valence-electron chi connectivity index (χ3n) is 2.89. The second-order valence-corrected chi connectivity index (χ2v) is 6.56. The van der Waals surface area contributed by atoms with Crippen molar-refractivity contribution >= 4 is 39.5 Å². The fraction of sp³-hybridized carbons (Fsp3) is 0.250. The molecule has 23 heavy (non-hydrogen) atoms. The highest BCUT2D eigenvalue weighted by Gasteiger charge is 2.11. The maximum absolute atomic E-state index is 11.7. The molecule has 2 rings (SSSR count). The molecule has 0 saturated heterocycles. The zero-order chi connectivity index (χ0) is 16.5. The van der Waals surface area contributed by atoms with Crippen LogP contribution in [0, 0.1) is 0 Å². The smallest absolute Gasteiger partial charge is 0.287 e. The van der Waals surface area contributed by atoms with Crippen LogP contribution in [0.5, 0.6) is 0 Å². The van der Waals surface area contributed by atoms with Gasteiger partial charge in [0, 0.05) is 18.1 Å². The van der Waals surface area contributed by atoms with Crippen LogP contribution in [0.2, 0.25) is 0 Å². The van der Waals surface area contributed by atoms with Crippen LogP contribution < -0.4 is 10.6 Å². The van der Waals surface area contributed by atoms with Gasteiger partial charge in [0.15, 0.2) is 10.4 Å². The predicted octanol–water partition coefficient (Wildman–Crippen LogP) is 2.82. The Morgan fingerprint density at radius 2 is 1.87 bits per heavy atom. The van der Waals surface area contributed by atoms with E-state index in [1.54, 1.807) is 17.8 Å². The van der Waals surface area contributed by atoms with Crippen LogP contribution in [0.25, 0.3) is 0 Å². The Morgan fingerprint density at radius 3 is 2.57 bits per heavy atom. The van der Waals surface area contributed by atoms with E-state index in [1.807, 2.05) is 18.2 Å². The molecule has 0 aliphatic carbocycles. The molecule has 7 heteroatoms. The highest BCUT2D eigenvalue weighted by molar-refractivity contribution is 9.10. The summed E-state index contributed by atoms with van der Waals surface area (Å²) in [6.07, 6.45) is 0. The molecule has 1 aromatic heterocycles. The molecule has 1 aromatic carbocycles. The molecular formula is C16H17BrN2O3S. The van der Waals surface area contributed by atoms with E-state index in [0.717, 1.165) is 11.5 Å². The average molecular weight is 397 g/mol. The van der Waals surface area contributed by atoms with E-state index in [1.165, 1.54) is 11.6 Å². The molecule has 2 aromatic rings. The number of amides is 2.